The van der Waals surface area contributed by atoms with Gasteiger partial charge in [-0.15, -0.1) is 0 Å². The number of hydrogen-bond acceptors (Lipinski definition) is 3. The normalized spacial score (nSPS) is 36.8. The number of fused-ring (bicyclic) bond motifs is 3. The quantitative estimate of drug-likeness (QED) is 0.724. The highest BCUT2D eigenvalue weighted by Gasteiger charge is 2.35. The van der Waals surface area contributed by atoms with Crippen LogP contribution in [0.1, 0.15) is 26.2 Å². The van der Waals surface area contributed by atoms with E-state index in [9.17, 15) is 0 Å². The van der Waals surface area contributed by atoms with Crippen LogP contribution in [0.5, 0.6) is 0 Å². The summed E-state index contributed by atoms with van der Waals surface area (Å²) in [6, 6.07) is 1.47. The molecule has 0 radical (unpaired) electrons. The number of hydrogen-bond donors (Lipinski definition) is 1. The second-order valence-corrected chi connectivity index (χ2v) is 4.94. The van der Waals surface area contributed by atoms with Gasteiger partial charge in [-0.2, -0.15) is 0 Å². The van der Waals surface area contributed by atoms with Gasteiger partial charge >= 0.3 is 0 Å². The molecule has 3 nitrogen and oxygen atoms in total. The minimum absolute atomic E-state index is 0.702. The molecule has 3 aliphatic rings. The van der Waals surface area contributed by atoms with Gasteiger partial charge in [0, 0.05) is 44.8 Å². The van der Waals surface area contributed by atoms with Crippen LogP contribution >= 0.6 is 0 Å². The van der Waals surface area contributed by atoms with E-state index in [0.29, 0.717) is 6.04 Å². The average molecular weight is 211 g/mol. The molecule has 2 atom stereocenters. The fourth-order valence-corrected chi connectivity index (χ4v) is 2.99. The van der Waals surface area contributed by atoms with Gasteiger partial charge in [0.1, 0.15) is 0 Å². The molecule has 2 unspecified atom stereocenters. The standard InChI is InChI=1S/C12H25N3/c1-3-4-5-11(13-2)12-10-14-6-8-15(12)9-7-14/h11-13H,3-10H2,1-2H3. The molecule has 0 spiro atoms. The van der Waals surface area contributed by atoms with Crippen LogP contribution in [0.4, 0.5) is 0 Å². The molecule has 1 N–H and O–H groups in total. The molecular weight excluding hydrogens is 186 g/mol. The lowest BCUT2D eigenvalue weighted by molar-refractivity contribution is -0.00361. The zero-order valence-electron chi connectivity index (χ0n) is 10.2. The number of nitrogens with zero attached hydrogens (tertiary/aromatic N) is 2. The van der Waals surface area contributed by atoms with E-state index in [0.717, 1.165) is 6.04 Å². The summed E-state index contributed by atoms with van der Waals surface area (Å²) >= 11 is 0. The summed E-state index contributed by atoms with van der Waals surface area (Å²) in [5.74, 6) is 0. The van der Waals surface area contributed by atoms with Crippen molar-refractivity contribution in [3.8, 4) is 0 Å². The van der Waals surface area contributed by atoms with Crippen molar-refractivity contribution in [2.24, 2.45) is 0 Å². The van der Waals surface area contributed by atoms with Crippen LogP contribution in [0, 0.1) is 0 Å². The number of unbranched alkanes of at least 4 members (excludes halogenated alkanes) is 1. The van der Waals surface area contributed by atoms with Crippen molar-refractivity contribution in [3.63, 3.8) is 0 Å². The van der Waals surface area contributed by atoms with E-state index in [4.69, 9.17) is 0 Å². The van der Waals surface area contributed by atoms with E-state index < -0.39 is 0 Å². The van der Waals surface area contributed by atoms with Crippen molar-refractivity contribution in [3.05, 3.63) is 0 Å². The average Bonchev–Trinajstić information content (AvgIpc) is 2.32. The van der Waals surface area contributed by atoms with Crippen molar-refractivity contribution in [1.29, 1.82) is 0 Å². The second-order valence-electron chi connectivity index (χ2n) is 4.94. The smallest absolute Gasteiger partial charge is 0.0377 e. The fourth-order valence-electron chi connectivity index (χ4n) is 2.99. The van der Waals surface area contributed by atoms with Crippen molar-refractivity contribution in [2.75, 3.05) is 39.8 Å². The Morgan fingerprint density at radius 1 is 1.27 bits per heavy atom. The number of piperazine rings is 3. The number of nitrogens with one attached hydrogen (secondary N) is 1. The molecule has 2 bridgehead atoms. The molecule has 0 aromatic carbocycles. The maximum Gasteiger partial charge on any atom is 0.0377 e. The van der Waals surface area contributed by atoms with Crippen molar-refractivity contribution in [2.45, 2.75) is 38.3 Å². The second kappa shape index (κ2) is 5.28. The lowest BCUT2D eigenvalue weighted by Gasteiger charge is -2.50. The van der Waals surface area contributed by atoms with Crippen LogP contribution in [-0.2, 0) is 0 Å². The van der Waals surface area contributed by atoms with Gasteiger partial charge in [-0.25, -0.2) is 0 Å². The SMILES string of the molecule is CCCCC(NC)C1CN2CCN1CC2. The topological polar surface area (TPSA) is 18.5 Å². The van der Waals surface area contributed by atoms with Gasteiger partial charge in [0.25, 0.3) is 0 Å². The first-order valence-electron chi connectivity index (χ1n) is 6.48. The largest absolute Gasteiger partial charge is 0.315 e. The third-order valence-electron chi connectivity index (χ3n) is 4.03. The fraction of sp³-hybridized carbons (Fsp3) is 1.00. The van der Waals surface area contributed by atoms with E-state index in [2.05, 4.69) is 29.1 Å². The van der Waals surface area contributed by atoms with Crippen LogP contribution in [0.15, 0.2) is 0 Å². The molecule has 0 amide bonds. The Morgan fingerprint density at radius 3 is 2.47 bits per heavy atom. The Morgan fingerprint density at radius 2 is 2.00 bits per heavy atom. The van der Waals surface area contributed by atoms with Gasteiger partial charge in [0.2, 0.25) is 0 Å². The Bertz CT molecular complexity index is 187. The number of rotatable bonds is 5. The first-order chi connectivity index (χ1) is 7.35. The summed E-state index contributed by atoms with van der Waals surface area (Å²) in [5, 5.41) is 3.52. The molecule has 88 valence electrons. The minimum atomic E-state index is 0.702. The highest BCUT2D eigenvalue weighted by molar-refractivity contribution is 4.94. The summed E-state index contributed by atoms with van der Waals surface area (Å²) in [5.41, 5.74) is 0. The molecule has 3 heteroatoms. The van der Waals surface area contributed by atoms with E-state index in [1.165, 1.54) is 52.0 Å². The van der Waals surface area contributed by atoms with Crippen LogP contribution in [0.25, 0.3) is 0 Å². The predicted octanol–water partition coefficient (Wildman–Crippen LogP) is 0.764. The lowest BCUT2D eigenvalue weighted by atomic mass is 9.96. The summed E-state index contributed by atoms with van der Waals surface area (Å²) in [7, 11) is 2.12. The molecule has 3 saturated heterocycles. The van der Waals surface area contributed by atoms with Crippen LogP contribution in [0.2, 0.25) is 0 Å². The molecule has 0 aromatic rings. The van der Waals surface area contributed by atoms with Gasteiger partial charge in [-0.1, -0.05) is 19.8 Å². The Hall–Kier alpha value is -0.120. The molecule has 0 aliphatic carbocycles. The van der Waals surface area contributed by atoms with Gasteiger partial charge < -0.3 is 5.32 Å². The third-order valence-corrected chi connectivity index (χ3v) is 4.03. The molecular formula is C12H25N3. The maximum absolute atomic E-state index is 3.52. The van der Waals surface area contributed by atoms with Crippen LogP contribution in [0.3, 0.4) is 0 Å². The molecule has 0 saturated carbocycles. The first kappa shape index (κ1) is 11.4. The van der Waals surface area contributed by atoms with Crippen LogP contribution in [-0.4, -0.2) is 61.7 Å². The van der Waals surface area contributed by atoms with E-state index >= 15 is 0 Å². The number of likely N-dealkylation sites (N-methyl/N-ethyl adjacent to an activating group) is 1. The summed E-state index contributed by atoms with van der Waals surface area (Å²) in [6.45, 7) is 8.73. The molecule has 0 aromatic heterocycles. The molecule has 3 aliphatic heterocycles. The monoisotopic (exact) mass is 211 g/mol. The van der Waals surface area contributed by atoms with Crippen molar-refractivity contribution >= 4 is 0 Å². The molecule has 3 fully saturated rings. The lowest BCUT2D eigenvalue weighted by Crippen LogP contribution is -2.66. The van der Waals surface area contributed by atoms with Gasteiger partial charge in [-0.05, 0) is 13.5 Å². The van der Waals surface area contributed by atoms with Gasteiger partial charge in [0.05, 0.1) is 0 Å². The van der Waals surface area contributed by atoms with Crippen LogP contribution < -0.4 is 5.32 Å². The first-order valence-corrected chi connectivity index (χ1v) is 6.48. The zero-order chi connectivity index (χ0) is 10.7. The molecule has 3 rings (SSSR count). The predicted molar refractivity (Wildman–Crippen MR) is 64.2 cm³/mol. The van der Waals surface area contributed by atoms with Crippen molar-refractivity contribution in [1.82, 2.24) is 15.1 Å². The summed E-state index contributed by atoms with van der Waals surface area (Å²) in [6.07, 6.45) is 4.01. The highest BCUT2D eigenvalue weighted by atomic mass is 15.4. The maximum atomic E-state index is 3.52. The zero-order valence-corrected chi connectivity index (χ0v) is 10.2. The van der Waals surface area contributed by atoms with E-state index in [1.807, 2.05) is 0 Å². The summed E-state index contributed by atoms with van der Waals surface area (Å²) < 4.78 is 0. The summed E-state index contributed by atoms with van der Waals surface area (Å²) in [4.78, 5) is 5.32. The minimum Gasteiger partial charge on any atom is -0.315 e. The Kier molecular flexibility index (Phi) is 4.00. The Labute approximate surface area is 93.8 Å². The van der Waals surface area contributed by atoms with E-state index in [1.54, 1.807) is 0 Å². The van der Waals surface area contributed by atoms with Crippen molar-refractivity contribution < 1.29 is 0 Å². The molecule has 15 heavy (non-hydrogen) atoms. The van der Waals surface area contributed by atoms with Gasteiger partial charge in [0.15, 0.2) is 0 Å². The van der Waals surface area contributed by atoms with Gasteiger partial charge in [-0.3, -0.25) is 9.80 Å². The molecule has 3 heterocycles. The van der Waals surface area contributed by atoms with E-state index in [-0.39, 0.29) is 0 Å². The Balaban J connectivity index is 1.90. The third kappa shape index (κ3) is 2.52. The highest BCUT2D eigenvalue weighted by Crippen LogP contribution is 2.20.